The second kappa shape index (κ2) is 9.92. The number of piperazine rings is 1. The number of benzene rings is 1. The molecule has 29 heavy (non-hydrogen) atoms. The Morgan fingerprint density at radius 2 is 1.90 bits per heavy atom. The lowest BCUT2D eigenvalue weighted by Crippen LogP contribution is -2.52. The number of ether oxygens (including phenoxy) is 1. The molecule has 3 atom stereocenters. The van der Waals surface area contributed by atoms with E-state index >= 15 is 0 Å². The van der Waals surface area contributed by atoms with Crippen LogP contribution in [0.25, 0.3) is 0 Å². The molecule has 0 radical (unpaired) electrons. The normalized spacial score (nSPS) is 28.0. The van der Waals surface area contributed by atoms with Gasteiger partial charge in [-0.15, -0.1) is 0 Å². The maximum Gasteiger partial charge on any atom is 0.312 e. The number of unbranched alkanes of at least 4 members (excludes halogenated alkanes) is 1. The zero-order valence-electron chi connectivity index (χ0n) is 18.3. The van der Waals surface area contributed by atoms with E-state index in [2.05, 4.69) is 30.6 Å². The maximum atomic E-state index is 13.2. The minimum absolute atomic E-state index is 0.0484. The zero-order valence-corrected chi connectivity index (χ0v) is 18.3. The molecule has 2 aliphatic heterocycles. The summed E-state index contributed by atoms with van der Waals surface area (Å²) >= 11 is 0. The first kappa shape index (κ1) is 22.1. The summed E-state index contributed by atoms with van der Waals surface area (Å²) in [7, 11) is 0. The second-order valence-electron chi connectivity index (χ2n) is 8.97. The minimum atomic E-state index is -0.232. The van der Waals surface area contributed by atoms with Crippen LogP contribution in [-0.4, -0.2) is 49.2 Å². The van der Waals surface area contributed by atoms with Crippen molar-refractivity contribution in [2.45, 2.75) is 77.9 Å². The van der Waals surface area contributed by atoms with Gasteiger partial charge in [0.05, 0.1) is 5.41 Å². The van der Waals surface area contributed by atoms with Gasteiger partial charge in [-0.25, -0.2) is 4.39 Å². The Morgan fingerprint density at radius 1 is 1.14 bits per heavy atom. The third-order valence-corrected chi connectivity index (χ3v) is 6.70. The SMILES string of the molecule is CCCCC1(CCC)C[C@H](CCN2CCN(c3ccc(F)cc3)[C@@H](C)C2)OC1=O. The molecule has 0 bridgehead atoms. The molecule has 5 heteroatoms. The Bertz CT molecular complexity index is 665. The van der Waals surface area contributed by atoms with E-state index in [4.69, 9.17) is 4.74 Å². The van der Waals surface area contributed by atoms with Crippen molar-refractivity contribution in [2.24, 2.45) is 5.41 Å². The highest BCUT2D eigenvalue weighted by atomic mass is 19.1. The number of hydrogen-bond donors (Lipinski definition) is 0. The number of anilines is 1. The van der Waals surface area contributed by atoms with E-state index in [0.29, 0.717) is 6.04 Å². The van der Waals surface area contributed by atoms with Gasteiger partial charge in [-0.05, 0) is 50.5 Å². The van der Waals surface area contributed by atoms with Gasteiger partial charge in [0.15, 0.2) is 0 Å². The Kier molecular flexibility index (Phi) is 7.55. The molecule has 3 rings (SSSR count). The van der Waals surface area contributed by atoms with Crippen LogP contribution in [0.2, 0.25) is 0 Å². The summed E-state index contributed by atoms with van der Waals surface area (Å²) < 4.78 is 19.0. The molecule has 2 heterocycles. The Labute approximate surface area is 175 Å². The number of nitrogens with zero attached hydrogens (tertiary/aromatic N) is 2. The highest BCUT2D eigenvalue weighted by Gasteiger charge is 2.47. The maximum absolute atomic E-state index is 13.2. The number of cyclic esters (lactones) is 1. The summed E-state index contributed by atoms with van der Waals surface area (Å²) in [4.78, 5) is 17.5. The Balaban J connectivity index is 1.50. The number of hydrogen-bond acceptors (Lipinski definition) is 4. The molecule has 0 saturated carbocycles. The van der Waals surface area contributed by atoms with Crippen molar-refractivity contribution in [3.8, 4) is 0 Å². The minimum Gasteiger partial charge on any atom is -0.462 e. The first-order valence-electron chi connectivity index (χ1n) is 11.4. The third-order valence-electron chi connectivity index (χ3n) is 6.70. The third kappa shape index (κ3) is 5.30. The Hall–Kier alpha value is -1.62. The highest BCUT2D eigenvalue weighted by molar-refractivity contribution is 5.79. The largest absolute Gasteiger partial charge is 0.462 e. The molecule has 0 aliphatic carbocycles. The van der Waals surface area contributed by atoms with Crippen molar-refractivity contribution in [1.82, 2.24) is 4.90 Å². The van der Waals surface area contributed by atoms with Crippen molar-refractivity contribution in [3.63, 3.8) is 0 Å². The highest BCUT2D eigenvalue weighted by Crippen LogP contribution is 2.43. The van der Waals surface area contributed by atoms with E-state index < -0.39 is 0 Å². The van der Waals surface area contributed by atoms with Crippen molar-refractivity contribution in [2.75, 3.05) is 31.1 Å². The summed E-state index contributed by atoms with van der Waals surface area (Å²) in [5.41, 5.74) is 0.854. The first-order chi connectivity index (χ1) is 14.0. The molecule has 1 aromatic rings. The summed E-state index contributed by atoms with van der Waals surface area (Å²) in [6, 6.07) is 7.17. The summed E-state index contributed by atoms with van der Waals surface area (Å²) in [6.07, 6.45) is 7.07. The number of halogens is 1. The van der Waals surface area contributed by atoms with Crippen LogP contribution in [-0.2, 0) is 9.53 Å². The summed E-state index contributed by atoms with van der Waals surface area (Å²) in [6.45, 7) is 10.4. The average molecular weight is 405 g/mol. The predicted octanol–water partition coefficient (Wildman–Crippen LogP) is 5.02. The van der Waals surface area contributed by atoms with Gasteiger partial charge in [0, 0.05) is 44.3 Å². The van der Waals surface area contributed by atoms with Crippen LogP contribution < -0.4 is 4.90 Å². The number of carbonyl (C=O) groups excluding carboxylic acids is 1. The van der Waals surface area contributed by atoms with Crippen LogP contribution in [0.5, 0.6) is 0 Å². The van der Waals surface area contributed by atoms with E-state index in [-0.39, 0.29) is 23.3 Å². The van der Waals surface area contributed by atoms with Crippen LogP contribution in [0.1, 0.15) is 65.7 Å². The molecule has 0 N–H and O–H groups in total. The lowest BCUT2D eigenvalue weighted by Gasteiger charge is -2.41. The van der Waals surface area contributed by atoms with Gasteiger partial charge in [0.2, 0.25) is 0 Å². The molecule has 1 aromatic carbocycles. The first-order valence-corrected chi connectivity index (χ1v) is 11.4. The fourth-order valence-corrected chi connectivity index (χ4v) is 5.10. The molecule has 2 fully saturated rings. The molecular weight excluding hydrogens is 367 g/mol. The molecule has 0 spiro atoms. The molecule has 1 unspecified atom stereocenters. The van der Waals surface area contributed by atoms with Gasteiger partial charge in [0.25, 0.3) is 0 Å². The zero-order chi connectivity index (χ0) is 20.9. The van der Waals surface area contributed by atoms with Crippen molar-refractivity contribution < 1.29 is 13.9 Å². The van der Waals surface area contributed by atoms with Gasteiger partial charge >= 0.3 is 5.97 Å². The molecule has 0 aromatic heterocycles. The van der Waals surface area contributed by atoms with Crippen molar-refractivity contribution in [3.05, 3.63) is 30.1 Å². The molecule has 2 aliphatic rings. The van der Waals surface area contributed by atoms with Crippen LogP contribution in [0.4, 0.5) is 10.1 Å². The quantitative estimate of drug-likeness (QED) is 0.541. The lowest BCUT2D eigenvalue weighted by atomic mass is 9.76. The number of carbonyl (C=O) groups is 1. The summed E-state index contributed by atoms with van der Waals surface area (Å²) in [5.74, 6) is -0.142. The topological polar surface area (TPSA) is 32.8 Å². The number of esters is 1. The predicted molar refractivity (Wildman–Crippen MR) is 116 cm³/mol. The molecular formula is C24H37FN2O2. The average Bonchev–Trinajstić information content (AvgIpc) is 3.01. The smallest absolute Gasteiger partial charge is 0.312 e. The van der Waals surface area contributed by atoms with Crippen LogP contribution in [0.15, 0.2) is 24.3 Å². The molecule has 4 nitrogen and oxygen atoms in total. The van der Waals surface area contributed by atoms with Gasteiger partial charge in [-0.2, -0.15) is 0 Å². The van der Waals surface area contributed by atoms with E-state index in [0.717, 1.165) is 76.8 Å². The Morgan fingerprint density at radius 3 is 2.55 bits per heavy atom. The van der Waals surface area contributed by atoms with E-state index in [1.54, 1.807) is 0 Å². The van der Waals surface area contributed by atoms with Gasteiger partial charge in [-0.1, -0.05) is 33.1 Å². The van der Waals surface area contributed by atoms with E-state index in [9.17, 15) is 9.18 Å². The van der Waals surface area contributed by atoms with E-state index in [1.165, 1.54) is 12.1 Å². The second-order valence-corrected chi connectivity index (χ2v) is 8.97. The van der Waals surface area contributed by atoms with E-state index in [1.807, 2.05) is 12.1 Å². The molecule has 2 saturated heterocycles. The van der Waals surface area contributed by atoms with Crippen molar-refractivity contribution >= 4 is 11.7 Å². The van der Waals surface area contributed by atoms with Crippen molar-refractivity contribution in [1.29, 1.82) is 0 Å². The van der Waals surface area contributed by atoms with Crippen LogP contribution >= 0.6 is 0 Å². The number of rotatable bonds is 9. The lowest BCUT2D eigenvalue weighted by molar-refractivity contribution is -0.149. The van der Waals surface area contributed by atoms with Gasteiger partial charge < -0.3 is 9.64 Å². The standard InChI is InChI=1S/C24H37FN2O2/c1-4-6-13-24(12-5-2)17-22(29-23(24)28)11-14-26-15-16-27(19(3)18-26)21-9-7-20(25)8-10-21/h7-10,19,22H,4-6,11-18H2,1-3H3/t19-,22-,24?/m0/s1. The van der Waals surface area contributed by atoms with Crippen LogP contribution in [0.3, 0.4) is 0 Å². The fraction of sp³-hybridized carbons (Fsp3) is 0.708. The molecule has 0 amide bonds. The summed E-state index contributed by atoms with van der Waals surface area (Å²) in [5, 5.41) is 0. The monoisotopic (exact) mass is 404 g/mol. The van der Waals surface area contributed by atoms with Gasteiger partial charge in [0.1, 0.15) is 11.9 Å². The fourth-order valence-electron chi connectivity index (χ4n) is 5.10. The van der Waals surface area contributed by atoms with Gasteiger partial charge in [-0.3, -0.25) is 9.69 Å². The molecule has 162 valence electrons. The van der Waals surface area contributed by atoms with Crippen LogP contribution in [0, 0.1) is 11.2 Å².